The molecule has 96 valence electrons. The van der Waals surface area contributed by atoms with Gasteiger partial charge in [0.2, 0.25) is 0 Å². The van der Waals surface area contributed by atoms with Crippen LogP contribution in [-0.2, 0) is 0 Å². The van der Waals surface area contributed by atoms with Crippen LogP contribution in [0.5, 0.6) is 0 Å². The standard InChI is InChI=1S/C15H24OS/c1-12-6-5-7-14(10-12)17-11-13(16)8-9-15(2,3)4/h5-7,10,13,16H,8-9,11H2,1-4H3. The van der Waals surface area contributed by atoms with Gasteiger partial charge >= 0.3 is 0 Å². The molecule has 1 nitrogen and oxygen atoms in total. The van der Waals surface area contributed by atoms with E-state index in [4.69, 9.17) is 0 Å². The van der Waals surface area contributed by atoms with Gasteiger partial charge in [-0.15, -0.1) is 11.8 Å². The summed E-state index contributed by atoms with van der Waals surface area (Å²) >= 11 is 1.74. The molecule has 0 radical (unpaired) electrons. The van der Waals surface area contributed by atoms with Crippen molar-refractivity contribution in [3.63, 3.8) is 0 Å². The molecule has 1 aromatic carbocycles. The lowest BCUT2D eigenvalue weighted by molar-refractivity contribution is 0.167. The van der Waals surface area contributed by atoms with Gasteiger partial charge in [-0.2, -0.15) is 0 Å². The fourth-order valence-electron chi connectivity index (χ4n) is 1.58. The Hall–Kier alpha value is -0.470. The maximum Gasteiger partial charge on any atom is 0.0634 e. The van der Waals surface area contributed by atoms with Crippen molar-refractivity contribution < 1.29 is 5.11 Å². The monoisotopic (exact) mass is 252 g/mol. The van der Waals surface area contributed by atoms with Crippen LogP contribution in [0.1, 0.15) is 39.2 Å². The number of hydrogen-bond donors (Lipinski definition) is 1. The number of benzene rings is 1. The minimum atomic E-state index is -0.195. The molecule has 1 unspecified atom stereocenters. The Morgan fingerprint density at radius 1 is 1.29 bits per heavy atom. The van der Waals surface area contributed by atoms with Gasteiger partial charge in [0.1, 0.15) is 0 Å². The molecule has 0 spiro atoms. The molecule has 0 aromatic heterocycles. The third-order valence-electron chi connectivity index (χ3n) is 2.66. The number of hydrogen-bond acceptors (Lipinski definition) is 2. The summed E-state index contributed by atoms with van der Waals surface area (Å²) < 4.78 is 0. The number of aliphatic hydroxyl groups excluding tert-OH is 1. The van der Waals surface area contributed by atoms with E-state index in [1.807, 2.05) is 0 Å². The molecule has 1 N–H and O–H groups in total. The van der Waals surface area contributed by atoms with Crippen LogP contribution in [0.25, 0.3) is 0 Å². The van der Waals surface area contributed by atoms with E-state index in [1.165, 1.54) is 10.5 Å². The van der Waals surface area contributed by atoms with Gasteiger partial charge in [-0.1, -0.05) is 38.5 Å². The Kier molecular flexibility index (Phi) is 5.54. The maximum absolute atomic E-state index is 9.92. The van der Waals surface area contributed by atoms with E-state index in [-0.39, 0.29) is 6.10 Å². The maximum atomic E-state index is 9.92. The van der Waals surface area contributed by atoms with Crippen molar-refractivity contribution in [2.45, 2.75) is 51.5 Å². The summed E-state index contributed by atoms with van der Waals surface area (Å²) in [4.78, 5) is 1.25. The third-order valence-corrected chi connectivity index (χ3v) is 3.80. The highest BCUT2D eigenvalue weighted by Gasteiger charge is 2.13. The fourth-order valence-corrected chi connectivity index (χ4v) is 2.58. The molecule has 0 saturated carbocycles. The molecule has 0 aliphatic rings. The molecule has 1 atom stereocenters. The molecule has 0 saturated heterocycles. The Morgan fingerprint density at radius 2 is 2.00 bits per heavy atom. The molecular formula is C15H24OS. The first-order valence-corrected chi connectivity index (χ1v) is 7.23. The summed E-state index contributed by atoms with van der Waals surface area (Å²) in [6.45, 7) is 8.74. The Balaban J connectivity index is 2.31. The van der Waals surface area contributed by atoms with Crippen molar-refractivity contribution in [1.82, 2.24) is 0 Å². The molecule has 0 aliphatic heterocycles. The largest absolute Gasteiger partial charge is 0.392 e. The zero-order valence-corrected chi connectivity index (χ0v) is 12.2. The van der Waals surface area contributed by atoms with E-state index in [1.54, 1.807) is 11.8 Å². The van der Waals surface area contributed by atoms with E-state index in [9.17, 15) is 5.11 Å². The van der Waals surface area contributed by atoms with Crippen LogP contribution in [-0.4, -0.2) is 17.0 Å². The second-order valence-electron chi connectivity index (χ2n) is 5.88. The lowest BCUT2D eigenvalue weighted by Gasteiger charge is -2.20. The minimum absolute atomic E-state index is 0.195. The Bertz CT molecular complexity index is 341. The molecule has 1 rings (SSSR count). The van der Waals surface area contributed by atoms with E-state index >= 15 is 0 Å². The second-order valence-corrected chi connectivity index (χ2v) is 6.97. The van der Waals surface area contributed by atoms with E-state index < -0.39 is 0 Å². The van der Waals surface area contributed by atoms with Crippen LogP contribution in [0.2, 0.25) is 0 Å². The number of rotatable bonds is 5. The quantitative estimate of drug-likeness (QED) is 0.790. The molecule has 17 heavy (non-hydrogen) atoms. The number of aryl methyl sites for hydroxylation is 1. The van der Waals surface area contributed by atoms with E-state index in [0.717, 1.165) is 18.6 Å². The van der Waals surface area contributed by atoms with E-state index in [0.29, 0.717) is 5.41 Å². The SMILES string of the molecule is Cc1cccc(SCC(O)CCC(C)(C)C)c1. The minimum Gasteiger partial charge on any atom is -0.392 e. The highest BCUT2D eigenvalue weighted by atomic mass is 32.2. The van der Waals surface area contributed by atoms with Gasteiger partial charge < -0.3 is 5.11 Å². The summed E-state index contributed by atoms with van der Waals surface area (Å²) in [5.41, 5.74) is 1.59. The van der Waals surface area contributed by atoms with Crippen LogP contribution < -0.4 is 0 Å². The Morgan fingerprint density at radius 3 is 2.59 bits per heavy atom. The molecule has 1 aromatic rings. The number of thioether (sulfide) groups is 1. The van der Waals surface area contributed by atoms with Crippen molar-refractivity contribution in [1.29, 1.82) is 0 Å². The van der Waals surface area contributed by atoms with Crippen molar-refractivity contribution in [2.75, 3.05) is 5.75 Å². The van der Waals surface area contributed by atoms with Crippen LogP contribution in [0.4, 0.5) is 0 Å². The zero-order valence-electron chi connectivity index (χ0n) is 11.4. The predicted octanol–water partition coefficient (Wildman–Crippen LogP) is 4.27. The topological polar surface area (TPSA) is 20.2 Å². The van der Waals surface area contributed by atoms with Gasteiger partial charge in [-0.05, 0) is 37.3 Å². The summed E-state index contributed by atoms with van der Waals surface area (Å²) in [6, 6.07) is 8.44. The van der Waals surface area contributed by atoms with Gasteiger partial charge in [0.05, 0.1) is 6.10 Å². The van der Waals surface area contributed by atoms with Crippen molar-refractivity contribution in [2.24, 2.45) is 5.41 Å². The highest BCUT2D eigenvalue weighted by molar-refractivity contribution is 7.99. The zero-order chi connectivity index (χ0) is 12.9. The van der Waals surface area contributed by atoms with Gasteiger partial charge in [0, 0.05) is 10.6 Å². The average molecular weight is 252 g/mol. The van der Waals surface area contributed by atoms with Gasteiger partial charge in [0.15, 0.2) is 0 Å². The van der Waals surface area contributed by atoms with Crippen LogP contribution in [0.3, 0.4) is 0 Å². The summed E-state index contributed by atoms with van der Waals surface area (Å²) in [6.07, 6.45) is 1.77. The van der Waals surface area contributed by atoms with Crippen molar-refractivity contribution >= 4 is 11.8 Å². The van der Waals surface area contributed by atoms with Gasteiger partial charge in [0.25, 0.3) is 0 Å². The molecule has 0 amide bonds. The van der Waals surface area contributed by atoms with Gasteiger partial charge in [-0.25, -0.2) is 0 Å². The number of aliphatic hydroxyl groups is 1. The first kappa shape index (κ1) is 14.6. The molecule has 0 aliphatic carbocycles. The first-order valence-electron chi connectivity index (χ1n) is 6.24. The fraction of sp³-hybridized carbons (Fsp3) is 0.600. The second kappa shape index (κ2) is 6.46. The predicted molar refractivity (Wildman–Crippen MR) is 76.6 cm³/mol. The average Bonchev–Trinajstić information content (AvgIpc) is 2.23. The molecule has 0 heterocycles. The molecule has 0 fully saturated rings. The Labute approximate surface area is 110 Å². The molecule has 2 heteroatoms. The normalized spacial score (nSPS) is 13.7. The lowest BCUT2D eigenvalue weighted by atomic mass is 9.89. The smallest absolute Gasteiger partial charge is 0.0634 e. The lowest BCUT2D eigenvalue weighted by Crippen LogP contribution is -2.14. The summed E-state index contributed by atoms with van der Waals surface area (Å²) in [5.74, 6) is 0.791. The highest BCUT2D eigenvalue weighted by Crippen LogP contribution is 2.25. The summed E-state index contributed by atoms with van der Waals surface area (Å²) in [7, 11) is 0. The van der Waals surface area contributed by atoms with Crippen molar-refractivity contribution in [3.8, 4) is 0 Å². The van der Waals surface area contributed by atoms with E-state index in [2.05, 4.69) is 52.0 Å². The van der Waals surface area contributed by atoms with Crippen LogP contribution in [0.15, 0.2) is 29.2 Å². The molecular weight excluding hydrogens is 228 g/mol. The van der Waals surface area contributed by atoms with Crippen LogP contribution >= 0.6 is 11.8 Å². The van der Waals surface area contributed by atoms with Crippen molar-refractivity contribution in [3.05, 3.63) is 29.8 Å². The van der Waals surface area contributed by atoms with Crippen LogP contribution in [0, 0.1) is 12.3 Å². The van der Waals surface area contributed by atoms with Gasteiger partial charge in [-0.3, -0.25) is 0 Å². The summed E-state index contributed by atoms with van der Waals surface area (Å²) in [5, 5.41) is 9.92. The first-order chi connectivity index (χ1) is 7.87. The third kappa shape index (κ3) is 6.75. The molecule has 0 bridgehead atoms.